The van der Waals surface area contributed by atoms with E-state index in [1.165, 1.54) is 36.4 Å². The summed E-state index contributed by atoms with van der Waals surface area (Å²) in [7, 11) is -8.25. The number of aromatic amines is 1. The van der Waals surface area contributed by atoms with Gasteiger partial charge in [0, 0.05) is 5.39 Å². The largest absolute Gasteiger partial charge is 1.00 e. The van der Waals surface area contributed by atoms with Crippen molar-refractivity contribution in [2.75, 3.05) is 0 Å². The van der Waals surface area contributed by atoms with E-state index in [2.05, 4.69) is 15.2 Å². The fraction of sp³-hybridized carbons (Fsp3) is 0. The van der Waals surface area contributed by atoms with Crippen LogP contribution in [0.5, 0.6) is 5.88 Å². The Morgan fingerprint density at radius 1 is 0.963 bits per heavy atom. The van der Waals surface area contributed by atoms with Gasteiger partial charge in [0.2, 0.25) is 15.9 Å². The molecule has 0 saturated carbocycles. The van der Waals surface area contributed by atoms with Crippen LogP contribution in [0.25, 0.3) is 10.9 Å². The second kappa shape index (κ2) is 7.67. The van der Waals surface area contributed by atoms with Gasteiger partial charge >= 0.3 is 29.6 Å². The van der Waals surface area contributed by atoms with Gasteiger partial charge in [-0.1, -0.05) is 0 Å². The molecule has 0 amide bonds. The SMILES string of the molecule is NS(=O)(=O)c1ccc(N=Nc2c(O)[nH]c3ccc(S(=O)(=O)O)cc23)cc1.[H-].[Na+]. The van der Waals surface area contributed by atoms with Crippen LogP contribution in [0.1, 0.15) is 1.43 Å². The topological polar surface area (TPSA) is 175 Å². The second-order valence-electron chi connectivity index (χ2n) is 5.24. The molecular formula is C14H13N4NaO6S2. The quantitative estimate of drug-likeness (QED) is 0.246. The average Bonchev–Trinajstić information content (AvgIpc) is 2.86. The molecule has 10 nitrogen and oxygen atoms in total. The number of hydrogen-bond acceptors (Lipinski definition) is 7. The van der Waals surface area contributed by atoms with Crippen LogP contribution >= 0.6 is 0 Å². The minimum atomic E-state index is -4.42. The molecule has 1 heterocycles. The summed E-state index contributed by atoms with van der Waals surface area (Å²) in [4.78, 5) is 2.14. The molecule has 138 valence electrons. The molecule has 0 atom stereocenters. The van der Waals surface area contributed by atoms with E-state index in [9.17, 15) is 21.9 Å². The molecular weight excluding hydrogens is 407 g/mol. The first-order valence-electron chi connectivity index (χ1n) is 6.92. The Hall–Kier alpha value is -1.80. The van der Waals surface area contributed by atoms with Gasteiger partial charge in [-0.2, -0.15) is 13.5 Å². The Morgan fingerprint density at radius 3 is 2.11 bits per heavy atom. The summed E-state index contributed by atoms with van der Waals surface area (Å²) in [6.45, 7) is 0. The number of aromatic hydroxyl groups is 1. The number of nitrogens with two attached hydrogens (primary N) is 1. The van der Waals surface area contributed by atoms with E-state index in [-0.39, 0.29) is 63.4 Å². The summed E-state index contributed by atoms with van der Waals surface area (Å²) in [5.41, 5.74) is 0.617. The Labute approximate surface area is 177 Å². The molecule has 0 spiro atoms. The molecule has 3 aromatic rings. The number of primary sulfonamides is 1. The standard InChI is InChI=1S/C14H12N4O6S2.Na.H/c15-25(20,21)9-3-1-8(2-4-9)17-18-13-11-7-10(26(22,23)24)5-6-12(11)16-14(13)19;;/h1-7,16,19H,(H2,15,20,21)(H,22,23,24);;/q;+1;-1. The first-order valence-corrected chi connectivity index (χ1v) is 9.91. The number of H-pyrrole nitrogens is 1. The van der Waals surface area contributed by atoms with E-state index < -0.39 is 20.1 Å². The van der Waals surface area contributed by atoms with E-state index in [0.717, 1.165) is 6.07 Å². The van der Waals surface area contributed by atoms with Crippen molar-refractivity contribution < 1.29 is 57.5 Å². The predicted molar refractivity (Wildman–Crippen MR) is 92.9 cm³/mol. The summed E-state index contributed by atoms with van der Waals surface area (Å²) >= 11 is 0. The van der Waals surface area contributed by atoms with Crippen LogP contribution in [0.4, 0.5) is 11.4 Å². The molecule has 5 N–H and O–H groups in total. The molecule has 0 bridgehead atoms. The summed E-state index contributed by atoms with van der Waals surface area (Å²) in [6.07, 6.45) is 0. The van der Waals surface area contributed by atoms with E-state index in [0.29, 0.717) is 5.52 Å². The van der Waals surface area contributed by atoms with Gasteiger partial charge in [-0.15, -0.1) is 5.11 Å². The van der Waals surface area contributed by atoms with Gasteiger partial charge in [0.15, 0.2) is 5.69 Å². The average molecular weight is 420 g/mol. The van der Waals surface area contributed by atoms with Crippen molar-refractivity contribution in [3.05, 3.63) is 42.5 Å². The normalized spacial score (nSPS) is 12.4. The first-order chi connectivity index (χ1) is 12.1. The molecule has 0 radical (unpaired) electrons. The van der Waals surface area contributed by atoms with E-state index in [4.69, 9.17) is 9.69 Å². The Kier molecular flexibility index (Phi) is 6.11. The number of nitrogens with one attached hydrogen (secondary N) is 1. The molecule has 0 aliphatic heterocycles. The Bertz CT molecular complexity index is 1240. The van der Waals surface area contributed by atoms with Crippen LogP contribution in [-0.2, 0) is 20.1 Å². The monoisotopic (exact) mass is 420 g/mol. The number of benzene rings is 2. The van der Waals surface area contributed by atoms with Crippen molar-refractivity contribution in [2.24, 2.45) is 15.4 Å². The fourth-order valence-corrected chi connectivity index (χ4v) is 3.24. The fourth-order valence-electron chi connectivity index (χ4n) is 2.21. The minimum Gasteiger partial charge on any atom is -1.00 e. The molecule has 0 saturated heterocycles. The maximum Gasteiger partial charge on any atom is 1.00 e. The van der Waals surface area contributed by atoms with Crippen molar-refractivity contribution >= 4 is 42.4 Å². The van der Waals surface area contributed by atoms with Gasteiger partial charge in [0.25, 0.3) is 10.1 Å². The predicted octanol–water partition coefficient (Wildman–Crippen LogP) is -0.701. The van der Waals surface area contributed by atoms with Crippen molar-refractivity contribution in [2.45, 2.75) is 9.79 Å². The third-order valence-electron chi connectivity index (χ3n) is 3.45. The molecule has 3 rings (SSSR count). The maximum atomic E-state index is 11.3. The van der Waals surface area contributed by atoms with Gasteiger partial charge in [0.1, 0.15) is 0 Å². The smallest absolute Gasteiger partial charge is 1.00 e. The zero-order chi connectivity index (χ0) is 19.1. The van der Waals surface area contributed by atoms with Crippen LogP contribution in [0.15, 0.2) is 62.5 Å². The van der Waals surface area contributed by atoms with Crippen molar-refractivity contribution in [1.82, 2.24) is 4.98 Å². The van der Waals surface area contributed by atoms with E-state index >= 15 is 0 Å². The first kappa shape index (κ1) is 21.5. The number of azo groups is 1. The van der Waals surface area contributed by atoms with Gasteiger partial charge in [-0.25, -0.2) is 13.6 Å². The van der Waals surface area contributed by atoms with E-state index in [1.54, 1.807) is 0 Å². The number of nitrogens with zero attached hydrogens (tertiary/aromatic N) is 2. The van der Waals surface area contributed by atoms with E-state index in [1.807, 2.05) is 0 Å². The van der Waals surface area contributed by atoms with Crippen LogP contribution in [-0.4, -0.2) is 31.5 Å². The molecule has 1 aromatic heterocycles. The Morgan fingerprint density at radius 2 is 1.56 bits per heavy atom. The number of fused-ring (bicyclic) bond motifs is 1. The van der Waals surface area contributed by atoms with Crippen LogP contribution < -0.4 is 34.7 Å². The van der Waals surface area contributed by atoms with Crippen molar-refractivity contribution in [3.8, 4) is 5.88 Å². The molecule has 0 aliphatic carbocycles. The van der Waals surface area contributed by atoms with Crippen LogP contribution in [0, 0.1) is 0 Å². The molecule has 2 aromatic carbocycles. The number of sulfonamides is 1. The summed E-state index contributed by atoms with van der Waals surface area (Å²) in [5, 5.41) is 22.9. The minimum absolute atomic E-state index is 0. The molecule has 0 unspecified atom stereocenters. The third kappa shape index (κ3) is 4.73. The van der Waals surface area contributed by atoms with Crippen LogP contribution in [0.2, 0.25) is 0 Å². The Balaban J connectivity index is 0.00000196. The van der Waals surface area contributed by atoms with Gasteiger partial charge in [-0.05, 0) is 42.5 Å². The molecule has 0 aliphatic rings. The maximum absolute atomic E-state index is 11.3. The van der Waals surface area contributed by atoms with Crippen molar-refractivity contribution in [1.29, 1.82) is 0 Å². The summed E-state index contributed by atoms with van der Waals surface area (Å²) < 4.78 is 54.1. The number of hydrogen-bond donors (Lipinski definition) is 4. The summed E-state index contributed by atoms with van der Waals surface area (Å²) in [5.74, 6) is -0.350. The zero-order valence-corrected chi connectivity index (χ0v) is 17.5. The zero-order valence-electron chi connectivity index (χ0n) is 14.9. The van der Waals surface area contributed by atoms with Gasteiger partial charge in [0.05, 0.1) is 21.0 Å². The third-order valence-corrected chi connectivity index (χ3v) is 5.23. The van der Waals surface area contributed by atoms with Gasteiger partial charge < -0.3 is 11.5 Å². The number of aromatic nitrogens is 1. The molecule has 0 fully saturated rings. The summed E-state index contributed by atoms with van der Waals surface area (Å²) in [6, 6.07) is 8.87. The molecule has 13 heteroatoms. The number of rotatable bonds is 4. The van der Waals surface area contributed by atoms with Crippen LogP contribution in [0.3, 0.4) is 0 Å². The van der Waals surface area contributed by atoms with Gasteiger partial charge in [-0.3, -0.25) is 4.55 Å². The van der Waals surface area contributed by atoms with Crippen molar-refractivity contribution in [3.63, 3.8) is 0 Å². The second-order valence-corrected chi connectivity index (χ2v) is 8.23. The molecule has 27 heavy (non-hydrogen) atoms.